The minimum absolute atomic E-state index is 0.00903. The number of carbonyl (C=O) groups is 5. The van der Waals surface area contributed by atoms with Crippen molar-refractivity contribution in [3.8, 4) is 0 Å². The molecule has 0 aliphatic carbocycles. The summed E-state index contributed by atoms with van der Waals surface area (Å²) in [5.41, 5.74) is 9.55. The fourth-order valence-corrected chi connectivity index (χ4v) is 7.14. The van der Waals surface area contributed by atoms with Crippen LogP contribution in [0.2, 0.25) is 5.02 Å². The average molecular weight is 815 g/mol. The van der Waals surface area contributed by atoms with Crippen LogP contribution in [0.4, 0.5) is 4.79 Å². The monoisotopic (exact) mass is 814 g/mol. The largest absolute Gasteiger partial charge is 0.445 e. The van der Waals surface area contributed by atoms with Gasteiger partial charge < -0.3 is 41.4 Å². The van der Waals surface area contributed by atoms with E-state index in [0.29, 0.717) is 30.8 Å². The van der Waals surface area contributed by atoms with Gasteiger partial charge in [0.15, 0.2) is 0 Å². The number of alkyl carbamates (subject to hydrolysis) is 1. The zero-order valence-electron chi connectivity index (χ0n) is 32.8. The van der Waals surface area contributed by atoms with Crippen molar-refractivity contribution >= 4 is 41.2 Å². The molecule has 3 aromatic carbocycles. The minimum atomic E-state index is -1.15. The van der Waals surface area contributed by atoms with Crippen molar-refractivity contribution in [2.24, 2.45) is 5.73 Å². The Morgan fingerprint density at radius 1 is 0.845 bits per heavy atom. The van der Waals surface area contributed by atoms with Gasteiger partial charge >= 0.3 is 6.09 Å². The van der Waals surface area contributed by atoms with Crippen LogP contribution in [0.1, 0.15) is 61.6 Å². The molecule has 0 spiro atoms. The second-order valence-electron chi connectivity index (χ2n) is 14.6. The lowest BCUT2D eigenvalue weighted by atomic mass is 10.0. The summed E-state index contributed by atoms with van der Waals surface area (Å²) >= 11 is 6.08. The molecule has 6 N–H and O–H groups in total. The Labute approximate surface area is 345 Å². The second-order valence-corrected chi connectivity index (χ2v) is 15.0. The lowest BCUT2D eigenvalue weighted by Gasteiger charge is -2.29. The third-order valence-electron chi connectivity index (χ3n) is 10.3. The maximum atomic E-state index is 14.6. The smallest absolute Gasteiger partial charge is 0.408 e. The average Bonchev–Trinajstić information content (AvgIpc) is 3.69. The Balaban J connectivity index is 1.33. The number of benzene rings is 3. The van der Waals surface area contributed by atoms with Crippen LogP contribution < -0.4 is 27.0 Å². The lowest BCUT2D eigenvalue weighted by Crippen LogP contribution is -2.56. The van der Waals surface area contributed by atoms with E-state index in [1.165, 1.54) is 4.90 Å². The number of unbranched alkanes of at least 4 members (excludes halogenated alkanes) is 1. The first-order valence-corrected chi connectivity index (χ1v) is 20.5. The molecule has 2 fully saturated rings. The van der Waals surface area contributed by atoms with E-state index in [4.69, 9.17) is 26.8 Å². The maximum Gasteiger partial charge on any atom is 0.408 e. The molecule has 13 nitrogen and oxygen atoms in total. The molecule has 5 rings (SSSR count). The van der Waals surface area contributed by atoms with Crippen molar-refractivity contribution in [2.45, 2.75) is 88.8 Å². The van der Waals surface area contributed by atoms with Gasteiger partial charge in [-0.2, -0.15) is 0 Å². The second kappa shape index (κ2) is 23.4. The quantitative estimate of drug-likeness (QED) is 0.0629. The summed E-state index contributed by atoms with van der Waals surface area (Å²) in [6, 6.07) is 22.7. The van der Waals surface area contributed by atoms with Crippen molar-refractivity contribution in [2.75, 3.05) is 32.7 Å². The van der Waals surface area contributed by atoms with E-state index in [1.54, 1.807) is 12.1 Å². The minimum Gasteiger partial charge on any atom is -0.445 e. The summed E-state index contributed by atoms with van der Waals surface area (Å²) in [4.78, 5) is 70.2. The molecular formula is C44H55ClN6O7. The van der Waals surface area contributed by atoms with Crippen molar-refractivity contribution in [3.05, 3.63) is 118 Å². The summed E-state index contributed by atoms with van der Waals surface area (Å²) in [6.07, 6.45) is 4.37. The molecule has 0 bridgehead atoms. The molecule has 2 heterocycles. The molecule has 0 aromatic heterocycles. The molecule has 4 amide bonds. The molecule has 58 heavy (non-hydrogen) atoms. The molecule has 2 aliphatic heterocycles. The van der Waals surface area contributed by atoms with Gasteiger partial charge in [-0.25, -0.2) is 4.79 Å². The summed E-state index contributed by atoms with van der Waals surface area (Å²) in [6.45, 7) is 2.51. The van der Waals surface area contributed by atoms with Gasteiger partial charge in [-0.1, -0.05) is 96.0 Å². The highest BCUT2D eigenvalue weighted by molar-refractivity contribution is 6.38. The third-order valence-corrected chi connectivity index (χ3v) is 10.5. The van der Waals surface area contributed by atoms with Crippen molar-refractivity contribution in [1.82, 2.24) is 26.2 Å². The fourth-order valence-electron chi connectivity index (χ4n) is 7.01. The highest BCUT2D eigenvalue weighted by atomic mass is 35.5. The van der Waals surface area contributed by atoms with Gasteiger partial charge in [0, 0.05) is 24.5 Å². The highest BCUT2D eigenvalue weighted by Gasteiger charge is 2.43. The lowest BCUT2D eigenvalue weighted by molar-refractivity contribution is -0.142. The number of piperidine rings is 1. The summed E-state index contributed by atoms with van der Waals surface area (Å²) in [7, 11) is 0. The first-order valence-electron chi connectivity index (χ1n) is 20.1. The number of ether oxygens (including phenoxy) is 2. The van der Waals surface area contributed by atoms with Crippen LogP contribution in [0.3, 0.4) is 0 Å². The van der Waals surface area contributed by atoms with E-state index in [0.717, 1.165) is 48.2 Å². The van der Waals surface area contributed by atoms with Crippen LogP contribution in [-0.2, 0) is 48.3 Å². The van der Waals surface area contributed by atoms with Gasteiger partial charge in [0.05, 0.1) is 18.8 Å². The SMILES string of the molecule is NCCCC[C@H](NC(=O)[C@@H]1C[C@@H](OCc2ccc(Cl)cc2)CN1C(=O)[C@@H](CC=C1CCNCC1)NC(=O)OCc1ccccc1)C(=O)C(=O)NCCc1ccccc1. The number of carbonyl (C=O) groups excluding carboxylic acids is 5. The molecular weight excluding hydrogens is 760 g/mol. The van der Waals surface area contributed by atoms with Crippen molar-refractivity contribution in [3.63, 3.8) is 0 Å². The number of hydrogen-bond donors (Lipinski definition) is 5. The highest BCUT2D eigenvalue weighted by Crippen LogP contribution is 2.25. The predicted molar refractivity (Wildman–Crippen MR) is 222 cm³/mol. The molecule has 2 saturated heterocycles. The number of Topliss-reactive ketones (excluding diaryl/α,β-unsaturated/α-hetero) is 1. The Kier molecular flexibility index (Phi) is 17.7. The van der Waals surface area contributed by atoms with Crippen LogP contribution in [0, 0.1) is 0 Å². The van der Waals surface area contributed by atoms with Gasteiger partial charge in [-0.15, -0.1) is 0 Å². The first kappa shape index (κ1) is 44.0. The van der Waals surface area contributed by atoms with Gasteiger partial charge in [0.25, 0.3) is 5.91 Å². The van der Waals surface area contributed by atoms with E-state index in [2.05, 4.69) is 21.3 Å². The number of nitrogens with one attached hydrogen (secondary N) is 4. The van der Waals surface area contributed by atoms with Crippen LogP contribution >= 0.6 is 11.6 Å². The van der Waals surface area contributed by atoms with Crippen LogP contribution in [0.25, 0.3) is 0 Å². The van der Waals surface area contributed by atoms with Crippen LogP contribution in [0.15, 0.2) is 96.6 Å². The van der Waals surface area contributed by atoms with Gasteiger partial charge in [0.2, 0.25) is 17.6 Å². The van der Waals surface area contributed by atoms with E-state index in [9.17, 15) is 24.0 Å². The van der Waals surface area contributed by atoms with Gasteiger partial charge in [-0.3, -0.25) is 19.2 Å². The van der Waals surface area contributed by atoms with E-state index >= 15 is 0 Å². The number of amides is 4. The predicted octanol–water partition coefficient (Wildman–Crippen LogP) is 4.36. The molecule has 310 valence electrons. The molecule has 4 atom stereocenters. The van der Waals surface area contributed by atoms with Gasteiger partial charge in [-0.05, 0) is 93.4 Å². The summed E-state index contributed by atoms with van der Waals surface area (Å²) in [5.74, 6) is -2.68. The number of likely N-dealkylation sites (tertiary alicyclic amines) is 1. The first-order chi connectivity index (χ1) is 28.2. The Morgan fingerprint density at radius 2 is 1.52 bits per heavy atom. The summed E-state index contributed by atoms with van der Waals surface area (Å²) < 4.78 is 11.8. The van der Waals surface area contributed by atoms with Crippen molar-refractivity contribution in [1.29, 1.82) is 0 Å². The molecule has 14 heteroatoms. The number of hydrogen-bond acceptors (Lipinski definition) is 9. The molecule has 2 aliphatic rings. The van der Waals surface area contributed by atoms with Gasteiger partial charge in [0.1, 0.15) is 18.7 Å². The summed E-state index contributed by atoms with van der Waals surface area (Å²) in [5, 5.41) is 12.2. The normalized spacial score (nSPS) is 17.5. The molecule has 0 radical (unpaired) electrons. The van der Waals surface area contributed by atoms with E-state index in [-0.39, 0.29) is 45.6 Å². The third kappa shape index (κ3) is 14.1. The van der Waals surface area contributed by atoms with E-state index < -0.39 is 53.8 Å². The fraction of sp³-hybridized carbons (Fsp3) is 0.432. The Bertz CT molecular complexity index is 1820. The molecule has 3 aromatic rings. The standard InChI is InChI=1S/C44H55ClN6O7/c45-35-17-14-34(15-18-35)29-57-36-27-39(41(53)49-37(13-7-8-23-46)40(52)42(54)48-26-22-31-9-3-1-4-10-31)51(28-36)43(55)38(19-16-32-20-24-47-25-21-32)50-44(56)58-30-33-11-5-2-6-12-33/h1-6,9-12,14-18,36-39,47H,7-8,13,19-30,46H2,(H,48,54)(H,49,53)(H,50,56)/t36-,37+,38-,39+/m1/s1. The number of rotatable bonds is 20. The number of ketones is 1. The number of nitrogens with zero attached hydrogens (tertiary/aromatic N) is 1. The molecule has 0 saturated carbocycles. The van der Waals surface area contributed by atoms with E-state index in [1.807, 2.05) is 78.9 Å². The van der Waals surface area contributed by atoms with Crippen molar-refractivity contribution < 1.29 is 33.4 Å². The number of nitrogens with two attached hydrogens (primary N) is 1. The zero-order valence-corrected chi connectivity index (χ0v) is 33.6. The number of halogens is 1. The Morgan fingerprint density at radius 3 is 2.21 bits per heavy atom. The van der Waals surface area contributed by atoms with Crippen LogP contribution in [0.5, 0.6) is 0 Å². The van der Waals surface area contributed by atoms with Crippen LogP contribution in [-0.4, -0.2) is 91.5 Å². The zero-order chi connectivity index (χ0) is 41.1. The maximum absolute atomic E-state index is 14.6. The topological polar surface area (TPSA) is 181 Å². The molecule has 0 unspecified atom stereocenters. The Hall–Kier alpha value is -5.08.